The van der Waals surface area contributed by atoms with E-state index in [1.165, 1.54) is 12.1 Å². The van der Waals surface area contributed by atoms with Crippen molar-refractivity contribution >= 4 is 24.2 Å². The number of carbonyl (C=O) groups is 4. The Labute approximate surface area is 236 Å². The van der Waals surface area contributed by atoms with Crippen molar-refractivity contribution in [1.82, 2.24) is 5.32 Å². The SMILES string of the molecule is CCCCCOC(=O)Oc1ccc(C[C@H](NCC(C)OC(=O)CCCC)C(=O)O)cc1OC(=O)OCCCCC. The molecule has 0 saturated heterocycles. The van der Waals surface area contributed by atoms with Crippen molar-refractivity contribution in [3.8, 4) is 11.5 Å². The molecular weight excluding hydrogens is 522 g/mol. The van der Waals surface area contributed by atoms with Gasteiger partial charge in [0.25, 0.3) is 0 Å². The third-order valence-electron chi connectivity index (χ3n) is 5.79. The molecule has 0 radical (unpaired) electrons. The number of nitrogens with one attached hydrogen (secondary N) is 1. The van der Waals surface area contributed by atoms with Crippen LogP contribution in [0.15, 0.2) is 18.2 Å². The van der Waals surface area contributed by atoms with Crippen molar-refractivity contribution < 1.29 is 48.0 Å². The van der Waals surface area contributed by atoms with Gasteiger partial charge < -0.3 is 34.1 Å². The topological polar surface area (TPSA) is 147 Å². The molecule has 1 rings (SSSR count). The molecule has 2 N–H and O–H groups in total. The zero-order valence-corrected chi connectivity index (χ0v) is 24.2. The largest absolute Gasteiger partial charge is 0.513 e. The summed E-state index contributed by atoms with van der Waals surface area (Å²) >= 11 is 0. The maximum atomic E-state index is 12.3. The Balaban J connectivity index is 2.92. The van der Waals surface area contributed by atoms with Gasteiger partial charge in [-0.3, -0.25) is 9.59 Å². The number of ether oxygens (including phenoxy) is 5. The first-order valence-corrected chi connectivity index (χ1v) is 14.2. The van der Waals surface area contributed by atoms with Gasteiger partial charge in [-0.25, -0.2) is 9.59 Å². The number of hydrogen-bond acceptors (Lipinski definition) is 10. The maximum Gasteiger partial charge on any atom is 0.513 e. The van der Waals surface area contributed by atoms with Crippen LogP contribution in [0.4, 0.5) is 9.59 Å². The van der Waals surface area contributed by atoms with Crippen molar-refractivity contribution in [2.24, 2.45) is 0 Å². The number of esters is 1. The number of carbonyl (C=O) groups excluding carboxylic acids is 3. The number of carboxylic acid groups (broad SMARTS) is 1. The lowest BCUT2D eigenvalue weighted by Gasteiger charge is -2.19. The van der Waals surface area contributed by atoms with Crippen LogP contribution >= 0.6 is 0 Å². The predicted molar refractivity (Wildman–Crippen MR) is 148 cm³/mol. The molecule has 0 bridgehead atoms. The molecule has 1 unspecified atom stereocenters. The molecule has 0 spiro atoms. The molecule has 0 saturated carbocycles. The number of rotatable bonds is 20. The maximum absolute atomic E-state index is 12.3. The molecule has 40 heavy (non-hydrogen) atoms. The predicted octanol–water partition coefficient (Wildman–Crippen LogP) is 5.81. The second-order valence-electron chi connectivity index (χ2n) is 9.50. The molecule has 11 nitrogen and oxygen atoms in total. The van der Waals surface area contributed by atoms with E-state index < -0.39 is 30.4 Å². The highest BCUT2D eigenvalue weighted by Crippen LogP contribution is 2.30. The summed E-state index contributed by atoms with van der Waals surface area (Å²) in [6.45, 7) is 8.21. The van der Waals surface area contributed by atoms with E-state index in [-0.39, 0.29) is 43.6 Å². The van der Waals surface area contributed by atoms with E-state index in [2.05, 4.69) is 5.32 Å². The number of hydrogen-bond donors (Lipinski definition) is 2. The van der Waals surface area contributed by atoms with E-state index in [0.717, 1.165) is 38.5 Å². The summed E-state index contributed by atoms with van der Waals surface area (Å²) < 4.78 is 26.0. The Kier molecular flexibility index (Phi) is 17.8. The highest BCUT2D eigenvalue weighted by atomic mass is 16.7. The quantitative estimate of drug-likeness (QED) is 0.0852. The smallest absolute Gasteiger partial charge is 0.480 e. The first-order valence-electron chi connectivity index (χ1n) is 14.2. The average molecular weight is 568 g/mol. The van der Waals surface area contributed by atoms with E-state index in [0.29, 0.717) is 24.8 Å². The summed E-state index contributed by atoms with van der Waals surface area (Å²) in [5.74, 6) is -1.61. The highest BCUT2D eigenvalue weighted by molar-refractivity contribution is 5.74. The summed E-state index contributed by atoms with van der Waals surface area (Å²) in [4.78, 5) is 48.2. The fourth-order valence-electron chi connectivity index (χ4n) is 3.53. The molecule has 1 aromatic carbocycles. The van der Waals surface area contributed by atoms with Gasteiger partial charge in [0, 0.05) is 13.0 Å². The van der Waals surface area contributed by atoms with Crippen molar-refractivity contribution in [2.75, 3.05) is 19.8 Å². The van der Waals surface area contributed by atoms with E-state index in [1.54, 1.807) is 13.0 Å². The Morgan fingerprint density at radius 1 is 0.825 bits per heavy atom. The summed E-state index contributed by atoms with van der Waals surface area (Å²) in [6, 6.07) is 3.35. The van der Waals surface area contributed by atoms with Crippen LogP contribution in [-0.2, 0) is 30.2 Å². The fourth-order valence-corrected chi connectivity index (χ4v) is 3.53. The van der Waals surface area contributed by atoms with Gasteiger partial charge in [0.05, 0.1) is 13.2 Å². The minimum atomic E-state index is -1.11. The summed E-state index contributed by atoms with van der Waals surface area (Å²) in [6.07, 6.45) is 4.56. The fraction of sp³-hybridized carbons (Fsp3) is 0.655. The summed E-state index contributed by atoms with van der Waals surface area (Å²) in [5.41, 5.74) is 0.491. The Morgan fingerprint density at radius 2 is 1.40 bits per heavy atom. The van der Waals surface area contributed by atoms with Crippen LogP contribution in [0.5, 0.6) is 11.5 Å². The molecule has 226 valence electrons. The van der Waals surface area contributed by atoms with Gasteiger partial charge in [0.2, 0.25) is 0 Å². The van der Waals surface area contributed by atoms with Crippen molar-refractivity contribution in [3.05, 3.63) is 23.8 Å². The Morgan fingerprint density at radius 3 is 1.95 bits per heavy atom. The van der Waals surface area contributed by atoms with Crippen LogP contribution in [0.2, 0.25) is 0 Å². The summed E-state index contributed by atoms with van der Waals surface area (Å²) in [5, 5.41) is 12.6. The Bertz CT molecular complexity index is 920. The molecule has 0 aliphatic carbocycles. The van der Waals surface area contributed by atoms with Crippen molar-refractivity contribution in [3.63, 3.8) is 0 Å². The molecule has 0 amide bonds. The Hall–Kier alpha value is -3.34. The van der Waals surface area contributed by atoms with Gasteiger partial charge in [0.15, 0.2) is 11.5 Å². The molecule has 0 aliphatic rings. The van der Waals surface area contributed by atoms with E-state index >= 15 is 0 Å². The first kappa shape index (κ1) is 34.7. The van der Waals surface area contributed by atoms with Crippen LogP contribution in [0.3, 0.4) is 0 Å². The monoisotopic (exact) mass is 567 g/mol. The zero-order valence-electron chi connectivity index (χ0n) is 24.2. The highest BCUT2D eigenvalue weighted by Gasteiger charge is 2.22. The number of aliphatic carboxylic acids is 1. The second kappa shape index (κ2) is 20.5. The first-order chi connectivity index (χ1) is 19.2. The lowest BCUT2D eigenvalue weighted by Crippen LogP contribution is -2.42. The van der Waals surface area contributed by atoms with E-state index in [9.17, 15) is 24.3 Å². The van der Waals surface area contributed by atoms with Crippen LogP contribution < -0.4 is 14.8 Å². The molecule has 0 heterocycles. The standard InChI is InChI=1S/C29H45NO10/c1-5-8-11-16-36-28(34)39-24-15-14-22(19-25(24)40-29(35)37-17-12-9-6-2)18-23(27(32)33)30-20-21(4)38-26(31)13-10-7-3/h14-15,19,21,23,30H,5-13,16-18,20H2,1-4H3,(H,32,33)/t21?,23-/m0/s1. The van der Waals surface area contributed by atoms with Gasteiger partial charge in [-0.05, 0) is 50.3 Å². The normalized spacial score (nSPS) is 12.2. The van der Waals surface area contributed by atoms with E-state index in [4.69, 9.17) is 23.7 Å². The third kappa shape index (κ3) is 15.3. The molecule has 2 atom stereocenters. The lowest BCUT2D eigenvalue weighted by molar-refractivity contribution is -0.148. The minimum Gasteiger partial charge on any atom is -0.480 e. The third-order valence-corrected chi connectivity index (χ3v) is 5.79. The number of benzene rings is 1. The van der Waals surface area contributed by atoms with Gasteiger partial charge in [-0.15, -0.1) is 0 Å². The molecule has 11 heteroatoms. The minimum absolute atomic E-state index is 0.00941. The lowest BCUT2D eigenvalue weighted by atomic mass is 10.0. The van der Waals surface area contributed by atoms with Crippen LogP contribution in [0, 0.1) is 0 Å². The van der Waals surface area contributed by atoms with Crippen molar-refractivity contribution in [1.29, 1.82) is 0 Å². The second-order valence-corrected chi connectivity index (χ2v) is 9.50. The molecule has 1 aromatic rings. The van der Waals surface area contributed by atoms with Gasteiger partial charge in [0.1, 0.15) is 12.1 Å². The van der Waals surface area contributed by atoms with Gasteiger partial charge >= 0.3 is 24.2 Å². The van der Waals surface area contributed by atoms with E-state index in [1.807, 2.05) is 20.8 Å². The molecule has 0 aromatic heterocycles. The van der Waals surface area contributed by atoms with Crippen LogP contribution in [-0.4, -0.2) is 61.3 Å². The van der Waals surface area contributed by atoms with Crippen LogP contribution in [0.1, 0.15) is 91.0 Å². The summed E-state index contributed by atoms with van der Waals surface area (Å²) in [7, 11) is 0. The number of unbranched alkanes of at least 4 members (excludes halogenated alkanes) is 5. The van der Waals surface area contributed by atoms with Gasteiger partial charge in [-0.1, -0.05) is 58.9 Å². The van der Waals surface area contributed by atoms with Gasteiger partial charge in [-0.2, -0.15) is 0 Å². The van der Waals surface area contributed by atoms with Crippen LogP contribution in [0.25, 0.3) is 0 Å². The zero-order chi connectivity index (χ0) is 29.8. The average Bonchev–Trinajstić information content (AvgIpc) is 2.91. The molecule has 0 fully saturated rings. The number of carboxylic acids is 1. The van der Waals surface area contributed by atoms with Crippen molar-refractivity contribution in [2.45, 2.75) is 104 Å². The molecule has 0 aliphatic heterocycles. The molecular formula is C29H45NO10.